The van der Waals surface area contributed by atoms with Crippen molar-refractivity contribution in [3.63, 3.8) is 0 Å². The number of carbonyl (C=O) groups is 1. The van der Waals surface area contributed by atoms with E-state index in [-0.39, 0.29) is 23.0 Å². The quantitative estimate of drug-likeness (QED) is 0.835. The summed E-state index contributed by atoms with van der Waals surface area (Å²) < 4.78 is 0. The number of phenols is 2. The predicted octanol–water partition coefficient (Wildman–Crippen LogP) is 2.30. The van der Waals surface area contributed by atoms with Gasteiger partial charge in [-0.1, -0.05) is 24.3 Å². The summed E-state index contributed by atoms with van der Waals surface area (Å²) in [6, 6.07) is 12.1. The normalized spacial score (nSPS) is 13.9. The van der Waals surface area contributed by atoms with Crippen molar-refractivity contribution in [3.8, 4) is 11.5 Å². The SMILES string of the molecule is O=C(c1ccc(O)cc1O)N1CCc2ccccc2C1. The van der Waals surface area contributed by atoms with Gasteiger partial charge in [0.1, 0.15) is 11.5 Å². The Morgan fingerprint density at radius 2 is 1.80 bits per heavy atom. The van der Waals surface area contributed by atoms with E-state index < -0.39 is 0 Å². The number of aromatic hydroxyl groups is 2. The van der Waals surface area contributed by atoms with Crippen molar-refractivity contribution in [1.82, 2.24) is 4.90 Å². The van der Waals surface area contributed by atoms with Crippen molar-refractivity contribution < 1.29 is 15.0 Å². The van der Waals surface area contributed by atoms with Gasteiger partial charge < -0.3 is 15.1 Å². The summed E-state index contributed by atoms with van der Waals surface area (Å²) in [6.45, 7) is 1.19. The third kappa shape index (κ3) is 2.20. The molecule has 4 heteroatoms. The maximum absolute atomic E-state index is 12.4. The van der Waals surface area contributed by atoms with Crippen LogP contribution in [0.15, 0.2) is 42.5 Å². The molecule has 0 fully saturated rings. The van der Waals surface area contributed by atoms with Crippen LogP contribution in [0.1, 0.15) is 21.5 Å². The smallest absolute Gasteiger partial charge is 0.257 e. The van der Waals surface area contributed by atoms with E-state index in [2.05, 4.69) is 6.07 Å². The number of fused-ring (bicyclic) bond motifs is 1. The molecule has 20 heavy (non-hydrogen) atoms. The highest BCUT2D eigenvalue weighted by atomic mass is 16.3. The third-order valence-corrected chi connectivity index (χ3v) is 3.63. The molecule has 2 aromatic carbocycles. The van der Waals surface area contributed by atoms with E-state index >= 15 is 0 Å². The van der Waals surface area contributed by atoms with E-state index in [4.69, 9.17) is 0 Å². The molecule has 0 aliphatic carbocycles. The van der Waals surface area contributed by atoms with Crippen LogP contribution >= 0.6 is 0 Å². The van der Waals surface area contributed by atoms with Gasteiger partial charge in [-0.3, -0.25) is 4.79 Å². The summed E-state index contributed by atoms with van der Waals surface area (Å²) in [4.78, 5) is 14.1. The van der Waals surface area contributed by atoms with Gasteiger partial charge in [0.2, 0.25) is 0 Å². The molecule has 1 amide bonds. The molecule has 0 bridgehead atoms. The summed E-state index contributed by atoms with van der Waals surface area (Å²) in [5, 5.41) is 19.1. The van der Waals surface area contributed by atoms with Crippen LogP contribution in [0.5, 0.6) is 11.5 Å². The molecule has 0 unspecified atom stereocenters. The summed E-state index contributed by atoms with van der Waals surface area (Å²) in [6.07, 6.45) is 0.820. The lowest BCUT2D eigenvalue weighted by Crippen LogP contribution is -2.35. The van der Waals surface area contributed by atoms with Gasteiger partial charge in [0.05, 0.1) is 5.56 Å². The van der Waals surface area contributed by atoms with Gasteiger partial charge in [0, 0.05) is 19.2 Å². The molecule has 1 aliphatic rings. The summed E-state index contributed by atoms with van der Waals surface area (Å²) >= 11 is 0. The van der Waals surface area contributed by atoms with Crippen LogP contribution in [0.25, 0.3) is 0 Å². The number of phenolic OH excluding ortho intramolecular Hbond substituents is 2. The first-order chi connectivity index (χ1) is 9.65. The Kier molecular flexibility index (Phi) is 3.06. The number of benzene rings is 2. The van der Waals surface area contributed by atoms with Crippen LogP contribution in [0.3, 0.4) is 0 Å². The van der Waals surface area contributed by atoms with Crippen molar-refractivity contribution in [2.24, 2.45) is 0 Å². The van der Waals surface area contributed by atoms with Crippen LogP contribution in [0, 0.1) is 0 Å². The van der Waals surface area contributed by atoms with E-state index in [0.29, 0.717) is 13.1 Å². The largest absolute Gasteiger partial charge is 0.508 e. The summed E-state index contributed by atoms with van der Waals surface area (Å²) in [7, 11) is 0. The highest BCUT2D eigenvalue weighted by molar-refractivity contribution is 5.97. The Morgan fingerprint density at radius 1 is 1.05 bits per heavy atom. The molecule has 1 heterocycles. The first kappa shape index (κ1) is 12.5. The lowest BCUT2D eigenvalue weighted by molar-refractivity contribution is 0.0731. The van der Waals surface area contributed by atoms with E-state index in [1.165, 1.54) is 23.8 Å². The molecule has 0 aromatic heterocycles. The number of carbonyl (C=O) groups excluding carboxylic acids is 1. The van der Waals surface area contributed by atoms with Crippen LogP contribution in [-0.2, 0) is 13.0 Å². The second-order valence-corrected chi connectivity index (χ2v) is 4.95. The van der Waals surface area contributed by atoms with E-state index in [1.54, 1.807) is 4.90 Å². The van der Waals surface area contributed by atoms with Crippen LogP contribution < -0.4 is 0 Å². The van der Waals surface area contributed by atoms with Crippen LogP contribution in [0.2, 0.25) is 0 Å². The molecule has 2 aromatic rings. The van der Waals surface area contributed by atoms with E-state index in [9.17, 15) is 15.0 Å². The van der Waals surface area contributed by atoms with Gasteiger partial charge in [-0.2, -0.15) is 0 Å². The molecule has 4 nitrogen and oxygen atoms in total. The molecule has 0 saturated heterocycles. The molecular weight excluding hydrogens is 254 g/mol. The van der Waals surface area contributed by atoms with E-state index in [0.717, 1.165) is 12.0 Å². The molecule has 0 atom stereocenters. The van der Waals surface area contributed by atoms with Gasteiger partial charge in [0.15, 0.2) is 0 Å². The van der Waals surface area contributed by atoms with Crippen molar-refractivity contribution in [2.45, 2.75) is 13.0 Å². The Balaban J connectivity index is 1.86. The van der Waals surface area contributed by atoms with Crippen molar-refractivity contribution in [2.75, 3.05) is 6.54 Å². The fraction of sp³-hybridized carbons (Fsp3) is 0.188. The molecule has 0 radical (unpaired) electrons. The predicted molar refractivity (Wildman–Crippen MR) is 74.7 cm³/mol. The van der Waals surface area contributed by atoms with Crippen molar-refractivity contribution in [1.29, 1.82) is 0 Å². The average Bonchev–Trinajstić information content (AvgIpc) is 2.46. The maximum atomic E-state index is 12.4. The molecule has 0 spiro atoms. The van der Waals surface area contributed by atoms with E-state index in [1.807, 2.05) is 18.2 Å². The zero-order valence-corrected chi connectivity index (χ0v) is 10.9. The Morgan fingerprint density at radius 3 is 2.55 bits per heavy atom. The Bertz CT molecular complexity index is 667. The minimum atomic E-state index is -0.211. The first-order valence-electron chi connectivity index (χ1n) is 6.53. The highest BCUT2D eigenvalue weighted by Crippen LogP contribution is 2.26. The number of hydrogen-bond acceptors (Lipinski definition) is 3. The number of hydrogen-bond donors (Lipinski definition) is 2. The molecule has 1 aliphatic heterocycles. The highest BCUT2D eigenvalue weighted by Gasteiger charge is 2.23. The Labute approximate surface area is 116 Å². The second kappa shape index (κ2) is 4.89. The zero-order valence-electron chi connectivity index (χ0n) is 10.9. The molecular formula is C16H15NO3. The minimum absolute atomic E-state index is 0.0527. The third-order valence-electron chi connectivity index (χ3n) is 3.63. The fourth-order valence-corrected chi connectivity index (χ4v) is 2.54. The van der Waals surface area contributed by atoms with Crippen molar-refractivity contribution in [3.05, 3.63) is 59.2 Å². The fourth-order valence-electron chi connectivity index (χ4n) is 2.54. The maximum Gasteiger partial charge on any atom is 0.257 e. The number of amides is 1. The lowest BCUT2D eigenvalue weighted by atomic mass is 9.99. The van der Waals surface area contributed by atoms with Crippen LogP contribution in [-0.4, -0.2) is 27.6 Å². The molecule has 0 saturated carbocycles. The monoisotopic (exact) mass is 269 g/mol. The van der Waals surface area contributed by atoms with Gasteiger partial charge in [-0.25, -0.2) is 0 Å². The average molecular weight is 269 g/mol. The number of rotatable bonds is 1. The van der Waals surface area contributed by atoms with Gasteiger partial charge in [-0.05, 0) is 29.7 Å². The molecule has 3 rings (SSSR count). The first-order valence-corrected chi connectivity index (χ1v) is 6.53. The standard InChI is InChI=1S/C16H15NO3/c18-13-5-6-14(15(19)9-13)16(20)17-8-7-11-3-1-2-4-12(11)10-17/h1-6,9,18-19H,7-8,10H2. The summed E-state index contributed by atoms with van der Waals surface area (Å²) in [5.74, 6) is -0.450. The second-order valence-electron chi connectivity index (χ2n) is 4.95. The van der Waals surface area contributed by atoms with Gasteiger partial charge >= 0.3 is 0 Å². The minimum Gasteiger partial charge on any atom is -0.508 e. The lowest BCUT2D eigenvalue weighted by Gasteiger charge is -2.29. The van der Waals surface area contributed by atoms with Crippen molar-refractivity contribution >= 4 is 5.91 Å². The van der Waals surface area contributed by atoms with Crippen LogP contribution in [0.4, 0.5) is 0 Å². The summed E-state index contributed by atoms with van der Waals surface area (Å²) in [5.41, 5.74) is 2.64. The zero-order chi connectivity index (χ0) is 14.1. The van der Waals surface area contributed by atoms with Gasteiger partial charge in [0.25, 0.3) is 5.91 Å². The topological polar surface area (TPSA) is 60.8 Å². The van der Waals surface area contributed by atoms with Gasteiger partial charge in [-0.15, -0.1) is 0 Å². The number of nitrogens with zero attached hydrogens (tertiary/aromatic N) is 1. The Hall–Kier alpha value is -2.49. The molecule has 102 valence electrons. The molecule has 2 N–H and O–H groups in total.